The molecule has 4 aromatic rings. The van der Waals surface area contributed by atoms with Crippen molar-refractivity contribution in [3.63, 3.8) is 0 Å². The first-order chi connectivity index (χ1) is 12.6. The first kappa shape index (κ1) is 15.8. The van der Waals surface area contributed by atoms with Gasteiger partial charge in [0.2, 0.25) is 0 Å². The number of rotatable bonds is 2. The number of benzene rings is 2. The molecule has 0 spiro atoms. The number of aromatic nitrogens is 3. The van der Waals surface area contributed by atoms with Crippen molar-refractivity contribution in [2.24, 2.45) is 0 Å². The van der Waals surface area contributed by atoms with Gasteiger partial charge in [0, 0.05) is 16.5 Å². The molecule has 0 aliphatic carbocycles. The van der Waals surface area contributed by atoms with Gasteiger partial charge in [-0.05, 0) is 25.1 Å². The number of fused-ring (bicyclic) bond motifs is 1. The molecule has 0 unspecified atom stereocenters. The number of para-hydroxylation sites is 1. The number of aryl methyl sites for hydroxylation is 1. The molecule has 2 heterocycles. The third kappa shape index (κ3) is 2.30. The number of nitrogens with one attached hydrogen (secondary N) is 1. The van der Waals surface area contributed by atoms with Gasteiger partial charge in [0.05, 0.1) is 11.4 Å². The maximum absolute atomic E-state index is 14.5. The van der Waals surface area contributed by atoms with Gasteiger partial charge in [-0.25, -0.2) is 9.07 Å². The number of H-pyrrole nitrogens is 1. The lowest BCUT2D eigenvalue weighted by Gasteiger charge is -2.09. The Kier molecular flexibility index (Phi) is 3.63. The highest BCUT2D eigenvalue weighted by atomic mass is 19.1. The normalized spacial score (nSPS) is 10.8. The zero-order valence-electron chi connectivity index (χ0n) is 13.8. The van der Waals surface area contributed by atoms with E-state index in [9.17, 15) is 14.4 Å². The largest absolute Gasteiger partial charge is 0.305 e. The van der Waals surface area contributed by atoms with Gasteiger partial charge < -0.3 is 4.98 Å². The number of nitrogens with zero attached hydrogens (tertiary/aromatic N) is 3. The van der Waals surface area contributed by atoms with Crippen LogP contribution in [-0.2, 0) is 0 Å². The number of hydrogen-bond donors (Lipinski definition) is 1. The van der Waals surface area contributed by atoms with E-state index in [0.29, 0.717) is 16.7 Å². The molecule has 126 valence electrons. The van der Waals surface area contributed by atoms with Crippen LogP contribution >= 0.6 is 0 Å². The third-order valence-corrected chi connectivity index (χ3v) is 4.28. The van der Waals surface area contributed by atoms with Crippen molar-refractivity contribution >= 4 is 11.0 Å². The molecule has 2 aromatic carbocycles. The van der Waals surface area contributed by atoms with Crippen molar-refractivity contribution < 1.29 is 4.39 Å². The van der Waals surface area contributed by atoms with E-state index in [0.717, 1.165) is 5.69 Å². The van der Waals surface area contributed by atoms with E-state index >= 15 is 0 Å². The highest BCUT2D eigenvalue weighted by molar-refractivity contribution is 5.98. The van der Waals surface area contributed by atoms with Crippen LogP contribution in [0.25, 0.3) is 27.8 Å². The SMILES string of the molecule is Cc1nn(-c2ccccc2)c2[nH]c(=O)c(C#N)c(-c3ccccc3F)c12. The summed E-state index contributed by atoms with van der Waals surface area (Å²) in [6, 6.07) is 17.3. The zero-order valence-corrected chi connectivity index (χ0v) is 13.8. The molecule has 0 aliphatic heterocycles. The highest BCUT2D eigenvalue weighted by Crippen LogP contribution is 2.33. The summed E-state index contributed by atoms with van der Waals surface area (Å²) in [4.78, 5) is 15.2. The summed E-state index contributed by atoms with van der Waals surface area (Å²) in [5.41, 5.74) is 1.55. The van der Waals surface area contributed by atoms with Gasteiger partial charge in [-0.3, -0.25) is 4.79 Å². The van der Waals surface area contributed by atoms with E-state index in [4.69, 9.17) is 0 Å². The molecule has 4 rings (SSSR count). The molecular weight excluding hydrogens is 331 g/mol. The average Bonchev–Trinajstić information content (AvgIpc) is 2.98. The van der Waals surface area contributed by atoms with Crippen LogP contribution in [0.1, 0.15) is 11.3 Å². The molecule has 0 radical (unpaired) electrons. The molecular formula is C20H13FN4O. The van der Waals surface area contributed by atoms with Crippen LogP contribution in [0.4, 0.5) is 4.39 Å². The Balaban J connectivity index is 2.18. The summed E-state index contributed by atoms with van der Waals surface area (Å²) in [5, 5.41) is 14.6. The predicted molar refractivity (Wildman–Crippen MR) is 96.5 cm³/mol. The predicted octanol–water partition coefficient (Wildman–Crippen LogP) is 3.70. The van der Waals surface area contributed by atoms with Gasteiger partial charge in [0.25, 0.3) is 5.56 Å². The summed E-state index contributed by atoms with van der Waals surface area (Å²) in [5.74, 6) is -0.497. The quantitative estimate of drug-likeness (QED) is 0.602. The zero-order chi connectivity index (χ0) is 18.3. The molecule has 1 N–H and O–H groups in total. The van der Waals surface area contributed by atoms with Gasteiger partial charge in [-0.1, -0.05) is 36.4 Å². The second-order valence-electron chi connectivity index (χ2n) is 5.85. The number of hydrogen-bond acceptors (Lipinski definition) is 3. The molecule has 0 saturated heterocycles. The van der Waals surface area contributed by atoms with Crippen molar-refractivity contribution in [2.75, 3.05) is 0 Å². The van der Waals surface area contributed by atoms with E-state index in [1.54, 1.807) is 29.8 Å². The molecule has 0 saturated carbocycles. The lowest BCUT2D eigenvalue weighted by molar-refractivity contribution is 0.631. The first-order valence-corrected chi connectivity index (χ1v) is 7.98. The average molecular weight is 344 g/mol. The second kappa shape index (κ2) is 5.97. The number of nitriles is 1. The van der Waals surface area contributed by atoms with Crippen molar-refractivity contribution in [3.8, 4) is 22.9 Å². The van der Waals surface area contributed by atoms with Crippen molar-refractivity contribution in [1.29, 1.82) is 5.26 Å². The summed E-state index contributed by atoms with van der Waals surface area (Å²) in [7, 11) is 0. The smallest absolute Gasteiger partial charge is 0.268 e. The fourth-order valence-electron chi connectivity index (χ4n) is 3.15. The van der Waals surface area contributed by atoms with Crippen LogP contribution in [0.15, 0.2) is 59.4 Å². The monoisotopic (exact) mass is 344 g/mol. The molecule has 0 atom stereocenters. The summed E-state index contributed by atoms with van der Waals surface area (Å²) in [6.07, 6.45) is 0. The van der Waals surface area contributed by atoms with Crippen molar-refractivity contribution in [1.82, 2.24) is 14.8 Å². The second-order valence-corrected chi connectivity index (χ2v) is 5.85. The Morgan fingerprint density at radius 3 is 2.50 bits per heavy atom. The standard InChI is InChI=1S/C20H13FN4O/c1-12-17-18(14-9-5-6-10-16(14)21)15(11-22)20(26)23-19(17)25(24-12)13-7-3-2-4-8-13/h2-10H,1H3,(H,23,26). The van der Waals surface area contributed by atoms with Crippen LogP contribution < -0.4 is 5.56 Å². The Morgan fingerprint density at radius 2 is 1.81 bits per heavy atom. The molecule has 6 heteroatoms. The van der Waals surface area contributed by atoms with Crippen molar-refractivity contribution in [3.05, 3.63) is 82.0 Å². The maximum atomic E-state index is 14.5. The van der Waals surface area contributed by atoms with Crippen molar-refractivity contribution in [2.45, 2.75) is 6.92 Å². The van der Waals surface area contributed by atoms with E-state index in [1.165, 1.54) is 6.07 Å². The third-order valence-electron chi connectivity index (χ3n) is 4.28. The van der Waals surface area contributed by atoms with E-state index in [1.807, 2.05) is 36.4 Å². The minimum absolute atomic E-state index is 0.127. The topological polar surface area (TPSA) is 74.5 Å². The molecule has 0 bridgehead atoms. The van der Waals surface area contributed by atoms with E-state index in [-0.39, 0.29) is 16.7 Å². The summed E-state index contributed by atoms with van der Waals surface area (Å²) in [6.45, 7) is 1.77. The fourth-order valence-corrected chi connectivity index (χ4v) is 3.15. The molecule has 5 nitrogen and oxygen atoms in total. The molecule has 0 amide bonds. The minimum Gasteiger partial charge on any atom is -0.305 e. The lowest BCUT2D eigenvalue weighted by Crippen LogP contribution is -2.14. The Bertz CT molecular complexity index is 1230. The van der Waals surface area contributed by atoms with Crippen LogP contribution in [-0.4, -0.2) is 14.8 Å². The Labute approximate surface area is 148 Å². The van der Waals surface area contributed by atoms with E-state index in [2.05, 4.69) is 10.1 Å². The van der Waals surface area contributed by atoms with Gasteiger partial charge in [-0.15, -0.1) is 0 Å². The maximum Gasteiger partial charge on any atom is 0.268 e. The minimum atomic E-state index is -0.574. The lowest BCUT2D eigenvalue weighted by atomic mass is 9.97. The van der Waals surface area contributed by atoms with Crippen LogP contribution in [0.2, 0.25) is 0 Å². The van der Waals surface area contributed by atoms with Crippen LogP contribution in [0.5, 0.6) is 0 Å². The Morgan fingerprint density at radius 1 is 1.12 bits per heavy atom. The fraction of sp³-hybridized carbons (Fsp3) is 0.0500. The molecule has 0 aliphatic rings. The molecule has 0 fully saturated rings. The van der Waals surface area contributed by atoms with Crippen LogP contribution in [0, 0.1) is 24.1 Å². The van der Waals surface area contributed by atoms with Crippen LogP contribution in [0.3, 0.4) is 0 Å². The van der Waals surface area contributed by atoms with Gasteiger partial charge in [-0.2, -0.15) is 10.4 Å². The highest BCUT2D eigenvalue weighted by Gasteiger charge is 2.22. The Hall–Kier alpha value is -3.72. The molecule has 26 heavy (non-hydrogen) atoms. The number of pyridine rings is 1. The van der Waals surface area contributed by atoms with E-state index < -0.39 is 11.4 Å². The number of aromatic amines is 1. The summed E-state index contributed by atoms with van der Waals surface area (Å²) < 4.78 is 16.1. The first-order valence-electron chi connectivity index (χ1n) is 7.98. The molecule has 2 aromatic heterocycles. The van der Waals surface area contributed by atoms with Gasteiger partial charge >= 0.3 is 0 Å². The van der Waals surface area contributed by atoms with Gasteiger partial charge in [0.1, 0.15) is 23.1 Å². The van der Waals surface area contributed by atoms with Gasteiger partial charge in [0.15, 0.2) is 0 Å². The summed E-state index contributed by atoms with van der Waals surface area (Å²) >= 11 is 0. The number of halogens is 1.